The highest BCUT2D eigenvalue weighted by molar-refractivity contribution is 5.70. The van der Waals surface area contributed by atoms with Crippen LogP contribution in [0.25, 0.3) is 0 Å². The molecule has 5 heteroatoms. The number of esters is 2. The van der Waals surface area contributed by atoms with E-state index < -0.39 is 6.10 Å². The Morgan fingerprint density at radius 1 is 0.710 bits per heavy atom. The summed E-state index contributed by atoms with van der Waals surface area (Å²) in [4.78, 5) is 23.7. The van der Waals surface area contributed by atoms with Gasteiger partial charge in [-0.15, -0.1) is 0 Å². The number of hydrogen-bond acceptors (Lipinski definition) is 5. The van der Waals surface area contributed by atoms with Crippen molar-refractivity contribution in [2.75, 3.05) is 13.2 Å². The van der Waals surface area contributed by atoms with Crippen molar-refractivity contribution >= 4 is 11.9 Å². The average molecular weight is 443 g/mol. The normalized spacial score (nSPS) is 12.2. The van der Waals surface area contributed by atoms with Crippen LogP contribution in [0, 0.1) is 5.92 Å². The van der Waals surface area contributed by atoms with E-state index in [-0.39, 0.29) is 25.2 Å². The molecule has 0 aliphatic heterocycles. The van der Waals surface area contributed by atoms with Crippen molar-refractivity contribution < 1.29 is 24.2 Å². The molecule has 0 aromatic rings. The van der Waals surface area contributed by atoms with Crippen LogP contribution in [0.2, 0.25) is 0 Å². The van der Waals surface area contributed by atoms with Crippen LogP contribution >= 0.6 is 0 Å². The van der Waals surface area contributed by atoms with E-state index in [0.717, 1.165) is 44.4 Å². The lowest BCUT2D eigenvalue weighted by Gasteiger charge is -2.15. The van der Waals surface area contributed by atoms with E-state index in [1.54, 1.807) is 0 Å². The molecule has 0 rings (SSSR count). The predicted molar refractivity (Wildman–Crippen MR) is 127 cm³/mol. The smallest absolute Gasteiger partial charge is 0.306 e. The van der Waals surface area contributed by atoms with Crippen molar-refractivity contribution in [2.45, 2.75) is 136 Å². The molecule has 1 N–H and O–H groups in total. The number of ether oxygens (including phenoxy) is 2. The van der Waals surface area contributed by atoms with Crippen LogP contribution < -0.4 is 0 Å². The minimum Gasteiger partial charge on any atom is -0.462 e. The molecule has 0 saturated heterocycles. The zero-order valence-corrected chi connectivity index (χ0v) is 20.7. The Bertz CT molecular complexity index is 422. The van der Waals surface area contributed by atoms with Crippen molar-refractivity contribution in [1.82, 2.24) is 0 Å². The Labute approximate surface area is 191 Å². The van der Waals surface area contributed by atoms with Crippen LogP contribution in [0.4, 0.5) is 0 Å². The molecule has 1 atom stereocenters. The number of rotatable bonds is 22. The average Bonchev–Trinajstić information content (AvgIpc) is 2.74. The van der Waals surface area contributed by atoms with Crippen molar-refractivity contribution in [3.63, 3.8) is 0 Å². The highest BCUT2D eigenvalue weighted by Gasteiger charge is 2.16. The molecular weight excluding hydrogens is 392 g/mol. The monoisotopic (exact) mass is 442 g/mol. The van der Waals surface area contributed by atoms with E-state index in [4.69, 9.17) is 9.47 Å². The second-order valence-electron chi connectivity index (χ2n) is 9.26. The molecule has 0 bridgehead atoms. The predicted octanol–water partition coefficient (Wildman–Crippen LogP) is 6.74. The summed E-state index contributed by atoms with van der Waals surface area (Å²) in [7, 11) is 0. The van der Waals surface area contributed by atoms with Gasteiger partial charge in [-0.2, -0.15) is 0 Å². The topological polar surface area (TPSA) is 72.8 Å². The second-order valence-corrected chi connectivity index (χ2v) is 9.26. The SMILES string of the molecule is CCCCCCCC(=O)OC[C@H](CO)OC(=O)CCCCCCCCCCCC(C)C. The fourth-order valence-corrected chi connectivity index (χ4v) is 3.56. The summed E-state index contributed by atoms with van der Waals surface area (Å²) in [6.07, 6.45) is 17.5. The third-order valence-electron chi connectivity index (χ3n) is 5.58. The fraction of sp³-hybridized carbons (Fsp3) is 0.923. The van der Waals surface area contributed by atoms with Gasteiger partial charge >= 0.3 is 11.9 Å². The molecule has 0 radical (unpaired) electrons. The number of aliphatic hydroxyl groups excluding tert-OH is 1. The van der Waals surface area contributed by atoms with Gasteiger partial charge in [0.1, 0.15) is 6.61 Å². The van der Waals surface area contributed by atoms with Crippen LogP contribution in [0.3, 0.4) is 0 Å². The van der Waals surface area contributed by atoms with Crippen LogP contribution in [-0.4, -0.2) is 36.4 Å². The standard InChI is InChI=1S/C26H50O5/c1-4-5-6-12-16-19-25(28)30-22-24(21-27)31-26(29)20-17-14-11-9-7-8-10-13-15-18-23(2)3/h23-24,27H,4-22H2,1-3H3/t24-/m0/s1. The number of unbranched alkanes of at least 4 members (excludes halogenated alkanes) is 12. The first-order chi connectivity index (χ1) is 15.0. The highest BCUT2D eigenvalue weighted by atomic mass is 16.6. The zero-order valence-electron chi connectivity index (χ0n) is 20.7. The molecule has 0 heterocycles. The molecule has 0 aromatic heterocycles. The van der Waals surface area contributed by atoms with Gasteiger partial charge in [-0.1, -0.05) is 104 Å². The van der Waals surface area contributed by atoms with E-state index in [0.29, 0.717) is 12.8 Å². The van der Waals surface area contributed by atoms with Gasteiger partial charge in [0.15, 0.2) is 6.10 Å². The molecule has 0 aliphatic rings. The molecule has 0 aliphatic carbocycles. The van der Waals surface area contributed by atoms with Gasteiger partial charge in [-0.25, -0.2) is 0 Å². The molecule has 31 heavy (non-hydrogen) atoms. The minimum absolute atomic E-state index is 0.0623. The lowest BCUT2D eigenvalue weighted by molar-refractivity contribution is -0.161. The molecule has 0 unspecified atom stereocenters. The van der Waals surface area contributed by atoms with Gasteiger partial charge in [-0.05, 0) is 18.8 Å². The number of hydrogen-bond donors (Lipinski definition) is 1. The Morgan fingerprint density at radius 3 is 1.71 bits per heavy atom. The largest absolute Gasteiger partial charge is 0.462 e. The lowest BCUT2D eigenvalue weighted by Crippen LogP contribution is -2.28. The highest BCUT2D eigenvalue weighted by Crippen LogP contribution is 2.14. The number of carbonyl (C=O) groups excluding carboxylic acids is 2. The molecule has 0 spiro atoms. The fourth-order valence-electron chi connectivity index (χ4n) is 3.56. The maximum Gasteiger partial charge on any atom is 0.306 e. The molecule has 0 amide bonds. The first-order valence-electron chi connectivity index (χ1n) is 13.0. The van der Waals surface area contributed by atoms with E-state index in [1.165, 1.54) is 57.8 Å². The third-order valence-corrected chi connectivity index (χ3v) is 5.58. The Morgan fingerprint density at radius 2 is 1.19 bits per heavy atom. The molecule has 0 saturated carbocycles. The van der Waals surface area contributed by atoms with Gasteiger partial charge in [-0.3, -0.25) is 9.59 Å². The van der Waals surface area contributed by atoms with Crippen molar-refractivity contribution in [2.24, 2.45) is 5.92 Å². The second kappa shape index (κ2) is 22.1. The summed E-state index contributed by atoms with van der Waals surface area (Å²) in [6, 6.07) is 0. The summed E-state index contributed by atoms with van der Waals surface area (Å²) in [6.45, 7) is 6.33. The van der Waals surface area contributed by atoms with Crippen molar-refractivity contribution in [3.8, 4) is 0 Å². The summed E-state index contributed by atoms with van der Waals surface area (Å²) >= 11 is 0. The van der Waals surface area contributed by atoms with E-state index in [1.807, 2.05) is 0 Å². The van der Waals surface area contributed by atoms with Crippen LogP contribution in [0.15, 0.2) is 0 Å². The Hall–Kier alpha value is -1.10. The molecule has 184 valence electrons. The van der Waals surface area contributed by atoms with E-state index in [2.05, 4.69) is 20.8 Å². The van der Waals surface area contributed by atoms with Gasteiger partial charge in [0.2, 0.25) is 0 Å². The maximum atomic E-state index is 11.9. The summed E-state index contributed by atoms with van der Waals surface area (Å²) < 4.78 is 10.4. The Balaban J connectivity index is 3.59. The minimum atomic E-state index is -0.757. The van der Waals surface area contributed by atoms with Gasteiger partial charge in [0, 0.05) is 12.8 Å². The number of aliphatic hydroxyl groups is 1. The Kier molecular flexibility index (Phi) is 21.3. The van der Waals surface area contributed by atoms with Gasteiger partial charge in [0.05, 0.1) is 6.61 Å². The summed E-state index contributed by atoms with van der Waals surface area (Å²) in [5.41, 5.74) is 0. The van der Waals surface area contributed by atoms with Crippen LogP contribution in [0.5, 0.6) is 0 Å². The van der Waals surface area contributed by atoms with Crippen molar-refractivity contribution in [3.05, 3.63) is 0 Å². The van der Waals surface area contributed by atoms with Crippen molar-refractivity contribution in [1.29, 1.82) is 0 Å². The molecule has 0 fully saturated rings. The molecular formula is C26H50O5. The summed E-state index contributed by atoms with van der Waals surface area (Å²) in [5, 5.41) is 9.37. The van der Waals surface area contributed by atoms with Gasteiger partial charge < -0.3 is 14.6 Å². The van der Waals surface area contributed by atoms with E-state index >= 15 is 0 Å². The van der Waals surface area contributed by atoms with Gasteiger partial charge in [0.25, 0.3) is 0 Å². The molecule has 5 nitrogen and oxygen atoms in total. The number of carbonyl (C=O) groups is 2. The maximum absolute atomic E-state index is 11.9. The van der Waals surface area contributed by atoms with E-state index in [9.17, 15) is 14.7 Å². The zero-order chi connectivity index (χ0) is 23.2. The quantitative estimate of drug-likeness (QED) is 0.148. The first kappa shape index (κ1) is 29.9. The van der Waals surface area contributed by atoms with Crippen LogP contribution in [0.1, 0.15) is 130 Å². The first-order valence-corrected chi connectivity index (χ1v) is 13.0. The summed E-state index contributed by atoms with van der Waals surface area (Å²) in [5.74, 6) is 0.213. The lowest BCUT2D eigenvalue weighted by atomic mass is 10.0. The molecule has 0 aromatic carbocycles. The third kappa shape index (κ3) is 21.9. The van der Waals surface area contributed by atoms with Crippen LogP contribution in [-0.2, 0) is 19.1 Å².